The van der Waals surface area contributed by atoms with E-state index < -0.39 is 34.8 Å². The Morgan fingerprint density at radius 3 is 1.29 bits per heavy atom. The smallest absolute Gasteiger partial charge is 0.211 e. The van der Waals surface area contributed by atoms with Crippen molar-refractivity contribution in [1.29, 1.82) is 0 Å². The summed E-state index contributed by atoms with van der Waals surface area (Å²) in [5.74, 6) is -11.2. The minimum absolute atomic E-state index is 0.158. The van der Waals surface area contributed by atoms with Crippen LogP contribution in [0.25, 0.3) is 0 Å². The first-order chi connectivity index (χ1) is 13.2. The number of nitrogen functional groups attached to an aromatic ring is 2. The van der Waals surface area contributed by atoms with Crippen molar-refractivity contribution in [3.05, 3.63) is 59.7 Å². The molecule has 0 radical (unpaired) electrons. The summed E-state index contributed by atoms with van der Waals surface area (Å²) in [7, 11) is 0. The molecule has 0 spiro atoms. The van der Waals surface area contributed by atoms with Crippen molar-refractivity contribution in [1.82, 2.24) is 0 Å². The Kier molecular flexibility index (Phi) is 4.78. The molecule has 0 atom stereocenters. The molecule has 0 aliphatic rings. The van der Waals surface area contributed by atoms with Gasteiger partial charge < -0.3 is 31.2 Å². The molecule has 0 heterocycles. The first kappa shape index (κ1) is 19.0. The van der Waals surface area contributed by atoms with Crippen molar-refractivity contribution in [3.63, 3.8) is 0 Å². The first-order valence-electron chi connectivity index (χ1n) is 7.57. The molecular formula is C18H12F4N2O4. The van der Waals surface area contributed by atoms with E-state index in [2.05, 4.69) is 0 Å². The van der Waals surface area contributed by atoms with E-state index in [1.807, 2.05) is 0 Å². The number of anilines is 2. The van der Waals surface area contributed by atoms with E-state index in [1.165, 1.54) is 0 Å². The summed E-state index contributed by atoms with van der Waals surface area (Å²) >= 11 is 0. The van der Waals surface area contributed by atoms with Gasteiger partial charge in [0.05, 0.1) is 11.4 Å². The number of nitrogens with two attached hydrogens (primary N) is 2. The maximum atomic E-state index is 14.3. The Labute approximate surface area is 155 Å². The van der Waals surface area contributed by atoms with Crippen molar-refractivity contribution in [2.45, 2.75) is 0 Å². The molecule has 0 aliphatic heterocycles. The first-order valence-corrected chi connectivity index (χ1v) is 7.57. The number of phenols is 2. The topological polar surface area (TPSA) is 111 Å². The van der Waals surface area contributed by atoms with Crippen molar-refractivity contribution in [3.8, 4) is 34.5 Å². The summed E-state index contributed by atoms with van der Waals surface area (Å²) in [5, 5.41) is 18.8. The molecule has 0 fully saturated rings. The van der Waals surface area contributed by atoms with Crippen LogP contribution in [0.3, 0.4) is 0 Å². The van der Waals surface area contributed by atoms with Gasteiger partial charge in [-0.3, -0.25) is 0 Å². The van der Waals surface area contributed by atoms with Crippen LogP contribution < -0.4 is 20.9 Å². The van der Waals surface area contributed by atoms with Gasteiger partial charge in [0.25, 0.3) is 0 Å². The molecule has 6 N–H and O–H groups in total. The average Bonchev–Trinajstić information content (AvgIpc) is 2.66. The minimum atomic E-state index is -2.11. The van der Waals surface area contributed by atoms with Gasteiger partial charge in [-0.05, 0) is 24.3 Å². The molecule has 28 heavy (non-hydrogen) atoms. The van der Waals surface area contributed by atoms with Gasteiger partial charge in [-0.1, -0.05) is 0 Å². The molecule has 0 bridgehead atoms. The van der Waals surface area contributed by atoms with Crippen LogP contribution in [0.4, 0.5) is 28.9 Å². The zero-order chi connectivity index (χ0) is 20.6. The van der Waals surface area contributed by atoms with Crippen LogP contribution in [-0.2, 0) is 0 Å². The second-order valence-corrected chi connectivity index (χ2v) is 5.56. The van der Waals surface area contributed by atoms with Gasteiger partial charge in [-0.2, -0.15) is 8.78 Å². The summed E-state index contributed by atoms with van der Waals surface area (Å²) in [6.45, 7) is 0. The largest absolute Gasteiger partial charge is 0.506 e. The molecular weight excluding hydrogens is 384 g/mol. The standard InChI is InChI=1S/C18H12F4N2O4/c19-13-14(20)16(22)18(28-8-2-4-12(26)10(24)6-8)17(15(13)21)27-7-1-3-11(25)9(23)5-7/h1-6,25-26H,23-24H2. The van der Waals surface area contributed by atoms with Crippen molar-refractivity contribution < 1.29 is 37.2 Å². The zero-order valence-corrected chi connectivity index (χ0v) is 13.8. The van der Waals surface area contributed by atoms with E-state index in [1.54, 1.807) is 0 Å². The van der Waals surface area contributed by atoms with Gasteiger partial charge in [0.1, 0.15) is 23.0 Å². The Morgan fingerprint density at radius 1 is 0.607 bits per heavy atom. The summed E-state index contributed by atoms with van der Waals surface area (Å²) in [5.41, 5.74) is 10.7. The van der Waals surface area contributed by atoms with Crippen molar-refractivity contribution in [2.75, 3.05) is 11.5 Å². The Morgan fingerprint density at radius 2 is 0.964 bits per heavy atom. The van der Waals surface area contributed by atoms with Crippen molar-refractivity contribution in [2.24, 2.45) is 0 Å². The summed E-state index contributed by atoms with van der Waals surface area (Å²) in [6, 6.07) is 6.56. The van der Waals surface area contributed by atoms with Gasteiger partial charge in [0.2, 0.25) is 34.8 Å². The molecule has 6 nitrogen and oxygen atoms in total. The summed E-state index contributed by atoms with van der Waals surface area (Å²) in [6.07, 6.45) is 0. The normalized spacial score (nSPS) is 10.7. The highest BCUT2D eigenvalue weighted by molar-refractivity contribution is 5.58. The molecule has 3 aromatic rings. The highest BCUT2D eigenvalue weighted by Gasteiger charge is 2.29. The lowest BCUT2D eigenvalue weighted by Gasteiger charge is -2.16. The molecule has 0 aromatic heterocycles. The molecule has 3 aromatic carbocycles. The van der Waals surface area contributed by atoms with E-state index in [-0.39, 0.29) is 34.4 Å². The quantitative estimate of drug-likeness (QED) is 0.171. The maximum absolute atomic E-state index is 14.3. The van der Waals surface area contributed by atoms with E-state index in [4.69, 9.17) is 20.9 Å². The second kappa shape index (κ2) is 7.06. The van der Waals surface area contributed by atoms with E-state index in [0.717, 1.165) is 36.4 Å². The third kappa shape index (κ3) is 3.39. The zero-order valence-electron chi connectivity index (χ0n) is 13.8. The Bertz CT molecular complexity index is 992. The third-order valence-electron chi connectivity index (χ3n) is 3.62. The fourth-order valence-corrected chi connectivity index (χ4v) is 2.20. The predicted molar refractivity (Wildman–Crippen MR) is 91.5 cm³/mol. The minimum Gasteiger partial charge on any atom is -0.506 e. The number of phenolic OH excluding ortho intramolecular Hbond substituents is 2. The number of ether oxygens (including phenoxy) is 2. The van der Waals surface area contributed by atoms with Crippen LogP contribution in [-0.4, -0.2) is 10.2 Å². The van der Waals surface area contributed by atoms with Crippen LogP contribution in [0.5, 0.6) is 34.5 Å². The molecule has 10 heteroatoms. The Balaban J connectivity index is 2.11. The number of halogens is 4. The summed E-state index contributed by atoms with van der Waals surface area (Å²) < 4.78 is 66.1. The number of aromatic hydroxyl groups is 2. The van der Waals surface area contributed by atoms with Crippen molar-refractivity contribution >= 4 is 11.4 Å². The SMILES string of the molecule is Nc1cc(Oc2c(F)c(F)c(F)c(F)c2Oc2ccc(O)c(N)c2)ccc1O. The molecule has 3 rings (SSSR count). The number of hydrogen-bond donors (Lipinski definition) is 4. The predicted octanol–water partition coefficient (Wildman–Crippen LogP) is 4.40. The number of hydrogen-bond acceptors (Lipinski definition) is 6. The van der Waals surface area contributed by atoms with E-state index in [9.17, 15) is 27.8 Å². The van der Waals surface area contributed by atoms with Crippen LogP contribution in [0.15, 0.2) is 36.4 Å². The van der Waals surface area contributed by atoms with Gasteiger partial charge in [-0.15, -0.1) is 0 Å². The maximum Gasteiger partial charge on any atom is 0.211 e. The van der Waals surface area contributed by atoms with E-state index >= 15 is 0 Å². The molecule has 0 saturated carbocycles. The fraction of sp³-hybridized carbons (Fsp3) is 0. The number of rotatable bonds is 4. The van der Waals surface area contributed by atoms with Gasteiger partial charge in [0.15, 0.2) is 0 Å². The van der Waals surface area contributed by atoms with Crippen LogP contribution in [0.2, 0.25) is 0 Å². The van der Waals surface area contributed by atoms with Gasteiger partial charge in [-0.25, -0.2) is 8.78 Å². The third-order valence-corrected chi connectivity index (χ3v) is 3.62. The van der Waals surface area contributed by atoms with Crippen LogP contribution >= 0.6 is 0 Å². The lowest BCUT2D eigenvalue weighted by Crippen LogP contribution is -2.04. The summed E-state index contributed by atoms with van der Waals surface area (Å²) in [4.78, 5) is 0. The Hall–Kier alpha value is -3.82. The lowest BCUT2D eigenvalue weighted by molar-refractivity contribution is 0.330. The monoisotopic (exact) mass is 396 g/mol. The second-order valence-electron chi connectivity index (χ2n) is 5.56. The average molecular weight is 396 g/mol. The molecule has 146 valence electrons. The molecule has 0 aliphatic carbocycles. The number of benzene rings is 3. The van der Waals surface area contributed by atoms with E-state index in [0.29, 0.717) is 0 Å². The molecule has 0 saturated heterocycles. The van der Waals surface area contributed by atoms with Gasteiger partial charge in [0, 0.05) is 12.1 Å². The lowest BCUT2D eigenvalue weighted by atomic mass is 10.2. The highest BCUT2D eigenvalue weighted by Crippen LogP contribution is 2.43. The fourth-order valence-electron chi connectivity index (χ4n) is 2.20. The highest BCUT2D eigenvalue weighted by atomic mass is 19.2. The van der Waals surface area contributed by atoms with Gasteiger partial charge >= 0.3 is 0 Å². The molecule has 0 amide bonds. The van der Waals surface area contributed by atoms with Crippen LogP contribution in [0.1, 0.15) is 0 Å². The molecule has 0 unspecified atom stereocenters. The van der Waals surface area contributed by atoms with Crippen LogP contribution in [0, 0.1) is 23.3 Å².